The van der Waals surface area contributed by atoms with E-state index in [0.717, 1.165) is 12.3 Å². The molecule has 1 heterocycles. The first-order valence-electron chi connectivity index (χ1n) is 7.46. The van der Waals surface area contributed by atoms with Crippen molar-refractivity contribution in [3.63, 3.8) is 0 Å². The quantitative estimate of drug-likeness (QED) is 0.760. The number of halogens is 1. The lowest BCUT2D eigenvalue weighted by molar-refractivity contribution is -0.709. The highest BCUT2D eigenvalue weighted by atomic mass is 19.1. The molecule has 3 heteroatoms. The van der Waals surface area contributed by atoms with E-state index in [2.05, 4.69) is 24.4 Å². The van der Waals surface area contributed by atoms with Crippen LogP contribution in [0.5, 0.6) is 0 Å². The first-order valence-corrected chi connectivity index (χ1v) is 7.46. The van der Waals surface area contributed by atoms with Crippen LogP contribution in [0.1, 0.15) is 24.3 Å². The molecule has 2 N–H and O–H groups in total. The highest BCUT2D eigenvalue weighted by Crippen LogP contribution is 2.24. The van der Waals surface area contributed by atoms with Crippen molar-refractivity contribution in [2.75, 3.05) is 0 Å². The summed E-state index contributed by atoms with van der Waals surface area (Å²) >= 11 is 0. The monoisotopic (exact) mass is 296 g/mol. The Morgan fingerprint density at radius 2 is 1.68 bits per heavy atom. The van der Waals surface area contributed by atoms with E-state index in [1.807, 2.05) is 36.4 Å². The van der Waals surface area contributed by atoms with Crippen LogP contribution in [0, 0.1) is 5.82 Å². The van der Waals surface area contributed by atoms with Crippen molar-refractivity contribution in [3.05, 3.63) is 83.9 Å². The topological polar surface area (TPSA) is 29.8 Å². The second kappa shape index (κ2) is 6.58. The van der Waals surface area contributed by atoms with Gasteiger partial charge < -0.3 is 9.73 Å². The highest BCUT2D eigenvalue weighted by molar-refractivity contribution is 5.58. The van der Waals surface area contributed by atoms with Crippen LogP contribution >= 0.6 is 0 Å². The maximum atomic E-state index is 13.8. The molecule has 3 aromatic rings. The van der Waals surface area contributed by atoms with Gasteiger partial charge in [-0.3, -0.25) is 0 Å². The number of furan rings is 1. The van der Waals surface area contributed by atoms with Gasteiger partial charge in [-0.2, -0.15) is 0 Å². The minimum atomic E-state index is -0.259. The van der Waals surface area contributed by atoms with Gasteiger partial charge in [-0.25, -0.2) is 4.39 Å². The standard InChI is InChI=1S/C19H18FNO/c1-14(15-7-3-2-4-8-15)21-13-16-11-12-19(22-16)17-9-5-6-10-18(17)20/h2-12,14,21H,13H2,1H3/p+1/t14-/m1/s1. The zero-order valence-electron chi connectivity index (χ0n) is 12.5. The normalized spacial score (nSPS) is 12.3. The third-order valence-electron chi connectivity index (χ3n) is 3.80. The molecule has 112 valence electrons. The second-order valence-electron chi connectivity index (χ2n) is 5.38. The molecular weight excluding hydrogens is 277 g/mol. The fraction of sp³-hybridized carbons (Fsp3) is 0.158. The molecule has 0 fully saturated rings. The number of hydrogen-bond donors (Lipinski definition) is 1. The molecule has 1 aromatic heterocycles. The van der Waals surface area contributed by atoms with Gasteiger partial charge in [-0.15, -0.1) is 0 Å². The van der Waals surface area contributed by atoms with Crippen LogP contribution in [0.2, 0.25) is 0 Å². The molecule has 0 aliphatic carbocycles. The summed E-state index contributed by atoms with van der Waals surface area (Å²) in [5.41, 5.74) is 1.79. The zero-order valence-corrected chi connectivity index (χ0v) is 12.5. The predicted molar refractivity (Wildman–Crippen MR) is 84.6 cm³/mol. The summed E-state index contributed by atoms with van der Waals surface area (Å²) in [5, 5.41) is 2.21. The molecule has 2 nitrogen and oxygen atoms in total. The van der Waals surface area contributed by atoms with E-state index in [9.17, 15) is 4.39 Å². The van der Waals surface area contributed by atoms with Gasteiger partial charge >= 0.3 is 0 Å². The molecule has 0 aliphatic rings. The van der Waals surface area contributed by atoms with Crippen molar-refractivity contribution in [2.24, 2.45) is 0 Å². The average Bonchev–Trinajstić information content (AvgIpc) is 3.02. The fourth-order valence-corrected chi connectivity index (χ4v) is 2.48. The number of hydrogen-bond acceptors (Lipinski definition) is 1. The number of benzene rings is 2. The molecular formula is C19H19FNO+. The Hall–Kier alpha value is -2.39. The molecule has 0 amide bonds. The molecule has 0 radical (unpaired) electrons. The SMILES string of the molecule is C[C@@H]([NH2+]Cc1ccc(-c2ccccc2F)o1)c1ccccc1. The van der Waals surface area contributed by atoms with Crippen molar-refractivity contribution in [3.8, 4) is 11.3 Å². The third-order valence-corrected chi connectivity index (χ3v) is 3.80. The predicted octanol–water partition coefficient (Wildman–Crippen LogP) is 3.91. The van der Waals surface area contributed by atoms with E-state index in [4.69, 9.17) is 4.42 Å². The Balaban J connectivity index is 1.67. The van der Waals surface area contributed by atoms with E-state index in [-0.39, 0.29) is 5.82 Å². The number of quaternary nitrogens is 1. The molecule has 0 saturated carbocycles. The first kappa shape index (κ1) is 14.5. The van der Waals surface area contributed by atoms with Crippen molar-refractivity contribution in [1.82, 2.24) is 0 Å². The van der Waals surface area contributed by atoms with Gasteiger partial charge in [0.25, 0.3) is 0 Å². The molecule has 0 bridgehead atoms. The minimum Gasteiger partial charge on any atom is -0.455 e. The van der Waals surface area contributed by atoms with E-state index >= 15 is 0 Å². The Morgan fingerprint density at radius 3 is 2.45 bits per heavy atom. The van der Waals surface area contributed by atoms with Crippen LogP contribution in [0.4, 0.5) is 4.39 Å². The van der Waals surface area contributed by atoms with Gasteiger partial charge in [0.15, 0.2) is 5.76 Å². The van der Waals surface area contributed by atoms with E-state index < -0.39 is 0 Å². The molecule has 1 atom stereocenters. The Labute approximate surface area is 129 Å². The maximum absolute atomic E-state index is 13.8. The maximum Gasteiger partial charge on any atom is 0.158 e. The first-order chi connectivity index (χ1) is 10.7. The van der Waals surface area contributed by atoms with Crippen LogP contribution in [-0.4, -0.2) is 0 Å². The summed E-state index contributed by atoms with van der Waals surface area (Å²) in [4.78, 5) is 0. The van der Waals surface area contributed by atoms with Crippen LogP contribution in [0.25, 0.3) is 11.3 Å². The van der Waals surface area contributed by atoms with Crippen LogP contribution in [0.3, 0.4) is 0 Å². The lowest BCUT2D eigenvalue weighted by atomic mass is 10.1. The smallest absolute Gasteiger partial charge is 0.158 e. The molecule has 0 unspecified atom stereocenters. The molecule has 22 heavy (non-hydrogen) atoms. The Bertz CT molecular complexity index is 736. The van der Waals surface area contributed by atoms with Crippen molar-refractivity contribution in [1.29, 1.82) is 0 Å². The molecule has 0 saturated heterocycles. The van der Waals surface area contributed by atoms with Crippen molar-refractivity contribution in [2.45, 2.75) is 19.5 Å². The van der Waals surface area contributed by atoms with Crippen LogP contribution < -0.4 is 5.32 Å². The summed E-state index contributed by atoms with van der Waals surface area (Å²) in [6.07, 6.45) is 0. The van der Waals surface area contributed by atoms with Gasteiger partial charge in [-0.05, 0) is 31.2 Å². The lowest BCUT2D eigenvalue weighted by Crippen LogP contribution is -2.82. The molecule has 3 rings (SSSR count). The van der Waals surface area contributed by atoms with Gasteiger partial charge in [0.05, 0.1) is 5.56 Å². The van der Waals surface area contributed by atoms with Gasteiger partial charge in [0.1, 0.15) is 24.2 Å². The zero-order chi connectivity index (χ0) is 15.4. The van der Waals surface area contributed by atoms with E-state index in [1.165, 1.54) is 11.6 Å². The number of nitrogens with two attached hydrogens (primary N) is 1. The highest BCUT2D eigenvalue weighted by Gasteiger charge is 2.12. The number of rotatable bonds is 5. The molecule has 0 spiro atoms. The summed E-state index contributed by atoms with van der Waals surface area (Å²) in [7, 11) is 0. The fourth-order valence-electron chi connectivity index (χ4n) is 2.48. The van der Waals surface area contributed by atoms with Gasteiger partial charge in [0, 0.05) is 5.56 Å². The van der Waals surface area contributed by atoms with Crippen molar-refractivity contribution >= 4 is 0 Å². The lowest BCUT2D eigenvalue weighted by Gasteiger charge is -2.09. The summed E-state index contributed by atoms with van der Waals surface area (Å²) in [6, 6.07) is 21.1. The molecule has 0 aliphatic heterocycles. The van der Waals surface area contributed by atoms with E-state index in [1.54, 1.807) is 12.1 Å². The molecule has 2 aromatic carbocycles. The summed E-state index contributed by atoms with van der Waals surface area (Å²) in [6.45, 7) is 2.89. The van der Waals surface area contributed by atoms with Crippen molar-refractivity contribution < 1.29 is 14.1 Å². The minimum absolute atomic E-state index is 0.259. The largest absolute Gasteiger partial charge is 0.455 e. The summed E-state index contributed by atoms with van der Waals surface area (Å²) < 4.78 is 19.5. The second-order valence-corrected chi connectivity index (χ2v) is 5.38. The van der Waals surface area contributed by atoms with Gasteiger partial charge in [-0.1, -0.05) is 42.5 Å². The average molecular weight is 296 g/mol. The Kier molecular flexibility index (Phi) is 4.35. The van der Waals surface area contributed by atoms with Crippen LogP contribution in [-0.2, 0) is 6.54 Å². The Morgan fingerprint density at radius 1 is 0.955 bits per heavy atom. The third kappa shape index (κ3) is 3.26. The van der Waals surface area contributed by atoms with Gasteiger partial charge in [0.2, 0.25) is 0 Å². The summed E-state index contributed by atoms with van der Waals surface area (Å²) in [5.74, 6) is 1.17. The van der Waals surface area contributed by atoms with Crippen LogP contribution in [0.15, 0.2) is 71.1 Å². The van der Waals surface area contributed by atoms with E-state index in [0.29, 0.717) is 17.4 Å².